The summed E-state index contributed by atoms with van der Waals surface area (Å²) >= 11 is 1.65. The highest BCUT2D eigenvalue weighted by molar-refractivity contribution is 7.20. The van der Waals surface area contributed by atoms with Gasteiger partial charge < -0.3 is 5.32 Å². The predicted molar refractivity (Wildman–Crippen MR) is 103 cm³/mol. The van der Waals surface area contributed by atoms with Crippen LogP contribution in [0.4, 0.5) is 0 Å². The van der Waals surface area contributed by atoms with Crippen molar-refractivity contribution in [2.45, 2.75) is 57.0 Å². The van der Waals surface area contributed by atoms with Gasteiger partial charge in [-0.25, -0.2) is 0 Å². The lowest BCUT2D eigenvalue weighted by Crippen LogP contribution is -2.69. The first-order valence-electron chi connectivity index (χ1n) is 9.62. The minimum absolute atomic E-state index is 0.0622. The molecule has 3 saturated heterocycles. The molecule has 1 saturated carbocycles. The SMILES string of the molecule is CC1(C)[C@H](NC(=O)c2cc3ccc(C4CC4)cc3s2)C2CCN1CC2. The average molecular weight is 355 g/mol. The van der Waals surface area contributed by atoms with Crippen molar-refractivity contribution in [1.29, 1.82) is 0 Å². The molecule has 0 radical (unpaired) electrons. The first-order chi connectivity index (χ1) is 12.0. The zero-order chi connectivity index (χ0) is 17.2. The summed E-state index contributed by atoms with van der Waals surface area (Å²) in [7, 11) is 0. The largest absolute Gasteiger partial charge is 0.346 e. The Bertz CT molecular complexity index is 828. The number of nitrogens with zero attached hydrogens (tertiary/aromatic N) is 1. The molecule has 1 aromatic heterocycles. The standard InChI is InChI=1S/C21H26N2OS/c1-21(2)19(14-7-9-23(21)10-8-14)22-20(24)18-12-16-6-5-15(13-3-4-13)11-17(16)25-18/h5-6,11-14,19H,3-4,7-10H2,1-2H3,(H,22,24)/t19-/m1/s1. The first-order valence-corrected chi connectivity index (χ1v) is 10.4. The fraction of sp³-hybridized carbons (Fsp3) is 0.571. The minimum atomic E-state index is 0.0622. The number of carbonyl (C=O) groups excluding carboxylic acids is 1. The Morgan fingerprint density at radius 1 is 1.16 bits per heavy atom. The van der Waals surface area contributed by atoms with Gasteiger partial charge in [0, 0.05) is 16.3 Å². The monoisotopic (exact) mass is 354 g/mol. The van der Waals surface area contributed by atoms with Crippen LogP contribution in [0.2, 0.25) is 0 Å². The molecule has 0 spiro atoms. The maximum atomic E-state index is 13.0. The van der Waals surface area contributed by atoms with E-state index in [1.807, 2.05) is 0 Å². The van der Waals surface area contributed by atoms with Crippen molar-refractivity contribution in [2.24, 2.45) is 5.92 Å². The molecule has 6 rings (SSSR count). The number of hydrogen-bond donors (Lipinski definition) is 1. The molecule has 3 aliphatic heterocycles. The molecule has 4 heteroatoms. The molecule has 2 aromatic rings. The predicted octanol–water partition coefficient (Wildman–Crippen LogP) is 4.38. The molecule has 4 heterocycles. The number of benzene rings is 1. The Balaban J connectivity index is 1.39. The van der Waals surface area contributed by atoms with Crippen LogP contribution in [0.1, 0.15) is 60.7 Å². The third kappa shape index (κ3) is 2.61. The van der Waals surface area contributed by atoms with E-state index >= 15 is 0 Å². The molecular formula is C21H26N2OS. The molecule has 1 atom stereocenters. The second kappa shape index (κ2) is 5.55. The minimum Gasteiger partial charge on any atom is -0.346 e. The Hall–Kier alpha value is -1.39. The van der Waals surface area contributed by atoms with E-state index in [0.717, 1.165) is 10.8 Å². The Kier molecular flexibility index (Phi) is 3.52. The van der Waals surface area contributed by atoms with E-state index in [-0.39, 0.29) is 17.5 Å². The summed E-state index contributed by atoms with van der Waals surface area (Å²) in [6, 6.07) is 9.06. The summed E-state index contributed by atoms with van der Waals surface area (Å²) in [6.45, 7) is 6.93. The molecule has 1 aliphatic carbocycles. The summed E-state index contributed by atoms with van der Waals surface area (Å²) in [5.74, 6) is 1.50. The van der Waals surface area contributed by atoms with Crippen LogP contribution in [0.25, 0.3) is 10.1 Å². The zero-order valence-electron chi connectivity index (χ0n) is 15.0. The third-order valence-corrected chi connectivity index (χ3v) is 7.79. The molecule has 25 heavy (non-hydrogen) atoms. The van der Waals surface area contributed by atoms with Crippen LogP contribution >= 0.6 is 11.3 Å². The molecule has 1 aromatic carbocycles. The summed E-state index contributed by atoms with van der Waals surface area (Å²) in [5, 5.41) is 4.60. The van der Waals surface area contributed by atoms with Crippen LogP contribution in [0.15, 0.2) is 24.3 Å². The number of fused-ring (bicyclic) bond motifs is 4. The van der Waals surface area contributed by atoms with Crippen LogP contribution in [0.5, 0.6) is 0 Å². The van der Waals surface area contributed by atoms with Crippen molar-refractivity contribution in [3.05, 3.63) is 34.7 Å². The lowest BCUT2D eigenvalue weighted by Gasteiger charge is -2.56. The summed E-state index contributed by atoms with van der Waals surface area (Å²) in [4.78, 5) is 16.4. The molecule has 4 aliphatic rings. The van der Waals surface area contributed by atoms with E-state index in [4.69, 9.17) is 0 Å². The quantitative estimate of drug-likeness (QED) is 0.887. The van der Waals surface area contributed by atoms with Crippen LogP contribution in [-0.2, 0) is 0 Å². The zero-order valence-corrected chi connectivity index (χ0v) is 15.9. The maximum Gasteiger partial charge on any atom is 0.261 e. The van der Waals surface area contributed by atoms with Crippen molar-refractivity contribution in [1.82, 2.24) is 10.2 Å². The van der Waals surface area contributed by atoms with E-state index in [9.17, 15) is 4.79 Å². The summed E-state index contributed by atoms with van der Waals surface area (Å²) in [6.07, 6.45) is 5.06. The fourth-order valence-electron chi connectivity index (χ4n) is 4.92. The summed E-state index contributed by atoms with van der Waals surface area (Å²) in [5.41, 5.74) is 1.51. The van der Waals surface area contributed by atoms with Crippen molar-refractivity contribution in [3.8, 4) is 0 Å². The molecule has 4 fully saturated rings. The van der Waals surface area contributed by atoms with Crippen molar-refractivity contribution in [2.75, 3.05) is 13.1 Å². The van der Waals surface area contributed by atoms with Gasteiger partial charge in [0.1, 0.15) is 0 Å². The molecule has 2 bridgehead atoms. The highest BCUT2D eigenvalue weighted by Gasteiger charge is 2.48. The van der Waals surface area contributed by atoms with Gasteiger partial charge in [-0.3, -0.25) is 9.69 Å². The van der Waals surface area contributed by atoms with Crippen LogP contribution < -0.4 is 5.32 Å². The van der Waals surface area contributed by atoms with Crippen LogP contribution in [-0.4, -0.2) is 35.5 Å². The maximum absolute atomic E-state index is 13.0. The first kappa shape index (κ1) is 15.8. The number of amides is 1. The van der Waals surface area contributed by atoms with Gasteiger partial charge in [-0.15, -0.1) is 11.3 Å². The molecule has 1 N–H and O–H groups in total. The number of nitrogens with one attached hydrogen (secondary N) is 1. The van der Waals surface area contributed by atoms with E-state index in [1.165, 1.54) is 54.4 Å². The van der Waals surface area contributed by atoms with Gasteiger partial charge in [0.15, 0.2) is 0 Å². The van der Waals surface area contributed by atoms with Crippen LogP contribution in [0.3, 0.4) is 0 Å². The third-order valence-electron chi connectivity index (χ3n) is 6.69. The highest BCUT2D eigenvalue weighted by atomic mass is 32.1. The number of piperidine rings is 3. The van der Waals surface area contributed by atoms with Gasteiger partial charge in [0.2, 0.25) is 0 Å². The van der Waals surface area contributed by atoms with Crippen molar-refractivity contribution < 1.29 is 4.79 Å². The Morgan fingerprint density at radius 3 is 2.60 bits per heavy atom. The average Bonchev–Trinajstić information content (AvgIpc) is 3.36. The molecule has 1 amide bonds. The smallest absolute Gasteiger partial charge is 0.261 e. The van der Waals surface area contributed by atoms with E-state index in [0.29, 0.717) is 5.92 Å². The normalized spacial score (nSPS) is 30.6. The van der Waals surface area contributed by atoms with Gasteiger partial charge in [-0.05, 0) is 87.5 Å². The van der Waals surface area contributed by atoms with Crippen molar-refractivity contribution in [3.63, 3.8) is 0 Å². The van der Waals surface area contributed by atoms with Crippen LogP contribution in [0, 0.1) is 5.92 Å². The number of hydrogen-bond acceptors (Lipinski definition) is 3. The van der Waals surface area contributed by atoms with E-state index in [2.05, 4.69) is 48.3 Å². The molecule has 132 valence electrons. The molecule has 0 unspecified atom stereocenters. The lowest BCUT2D eigenvalue weighted by atomic mass is 9.72. The fourth-order valence-corrected chi connectivity index (χ4v) is 5.93. The van der Waals surface area contributed by atoms with Gasteiger partial charge in [0.05, 0.1) is 4.88 Å². The number of thiophene rings is 1. The topological polar surface area (TPSA) is 32.3 Å². The van der Waals surface area contributed by atoms with Crippen molar-refractivity contribution >= 4 is 27.3 Å². The van der Waals surface area contributed by atoms with E-state index in [1.54, 1.807) is 11.3 Å². The Morgan fingerprint density at radius 2 is 1.92 bits per heavy atom. The number of carbonyl (C=O) groups is 1. The van der Waals surface area contributed by atoms with Gasteiger partial charge >= 0.3 is 0 Å². The molecular weight excluding hydrogens is 328 g/mol. The second-order valence-electron chi connectivity index (χ2n) is 8.61. The van der Waals surface area contributed by atoms with Gasteiger partial charge in [-0.1, -0.05) is 12.1 Å². The molecule has 3 nitrogen and oxygen atoms in total. The second-order valence-corrected chi connectivity index (χ2v) is 9.70. The lowest BCUT2D eigenvalue weighted by molar-refractivity contribution is -0.0377. The van der Waals surface area contributed by atoms with Gasteiger partial charge in [0.25, 0.3) is 5.91 Å². The highest BCUT2D eigenvalue weighted by Crippen LogP contribution is 2.42. The van der Waals surface area contributed by atoms with Gasteiger partial charge in [-0.2, -0.15) is 0 Å². The van der Waals surface area contributed by atoms with E-state index < -0.39 is 0 Å². The number of rotatable bonds is 3. The Labute approximate surface area is 153 Å². The summed E-state index contributed by atoms with van der Waals surface area (Å²) < 4.78 is 1.25.